The number of hydrogen-bond acceptors (Lipinski definition) is 4. The zero-order chi connectivity index (χ0) is 14.1. The lowest BCUT2D eigenvalue weighted by Crippen LogP contribution is -2.29. The molecule has 1 fully saturated rings. The summed E-state index contributed by atoms with van der Waals surface area (Å²) in [6.07, 6.45) is 5.15. The Balaban J connectivity index is 2.00. The van der Waals surface area contributed by atoms with Gasteiger partial charge in [0.15, 0.2) is 5.13 Å². The quantitative estimate of drug-likeness (QED) is 0.867. The highest BCUT2D eigenvalue weighted by molar-refractivity contribution is 7.13. The predicted molar refractivity (Wildman–Crippen MR) is 77.8 cm³/mol. The van der Waals surface area contributed by atoms with Crippen LogP contribution in [0.15, 0.2) is 5.38 Å². The van der Waals surface area contributed by atoms with Gasteiger partial charge in [-0.2, -0.15) is 0 Å². The molecule has 5 heteroatoms. The maximum atomic E-state index is 11.2. The van der Waals surface area contributed by atoms with Crippen molar-refractivity contribution in [2.24, 2.45) is 5.41 Å². The van der Waals surface area contributed by atoms with Crippen LogP contribution in [0.5, 0.6) is 0 Å². The van der Waals surface area contributed by atoms with E-state index in [1.807, 2.05) is 5.38 Å². The number of rotatable bonds is 5. The Hall–Kier alpha value is -1.10. The van der Waals surface area contributed by atoms with E-state index in [1.165, 1.54) is 37.0 Å². The molecule has 0 saturated heterocycles. The molecule has 0 unspecified atom stereocenters. The number of carboxylic acid groups (broad SMARTS) is 1. The molecule has 0 amide bonds. The van der Waals surface area contributed by atoms with E-state index in [-0.39, 0.29) is 0 Å². The fraction of sp³-hybridized carbons (Fsp3) is 0.714. The van der Waals surface area contributed by atoms with Crippen LogP contribution in [0.1, 0.15) is 52.1 Å². The minimum Gasteiger partial charge on any atom is -0.481 e. The normalized spacial score (nSPS) is 18.5. The Bertz CT molecular complexity index is 462. The fourth-order valence-corrected chi connectivity index (χ4v) is 3.32. The molecule has 1 aliphatic carbocycles. The highest BCUT2D eigenvalue weighted by atomic mass is 32.1. The molecule has 2 N–H and O–H groups in total. The molecule has 2 rings (SSSR count). The van der Waals surface area contributed by atoms with Crippen molar-refractivity contribution >= 4 is 22.4 Å². The van der Waals surface area contributed by atoms with Crippen LogP contribution in [0.25, 0.3) is 0 Å². The first-order valence-electron chi connectivity index (χ1n) is 6.77. The first-order chi connectivity index (χ1) is 8.83. The number of aromatic nitrogens is 1. The largest absolute Gasteiger partial charge is 0.481 e. The molecule has 19 heavy (non-hydrogen) atoms. The van der Waals surface area contributed by atoms with Crippen LogP contribution in [-0.2, 0) is 10.2 Å². The van der Waals surface area contributed by atoms with E-state index in [0.717, 1.165) is 11.7 Å². The molecule has 0 aromatic carbocycles. The van der Waals surface area contributed by atoms with E-state index in [1.54, 1.807) is 13.8 Å². The molecule has 0 radical (unpaired) electrons. The number of nitrogens with one attached hydrogen (secondary N) is 1. The van der Waals surface area contributed by atoms with E-state index in [2.05, 4.69) is 17.2 Å². The van der Waals surface area contributed by atoms with Gasteiger partial charge in [-0.1, -0.05) is 19.8 Å². The maximum absolute atomic E-state index is 11.2. The van der Waals surface area contributed by atoms with Crippen molar-refractivity contribution in [2.45, 2.75) is 51.9 Å². The number of thiazole rings is 1. The number of nitrogens with zero attached hydrogens (tertiary/aromatic N) is 1. The Labute approximate surface area is 118 Å². The lowest BCUT2D eigenvalue weighted by atomic mass is 9.89. The standard InChI is InChI=1S/C14H22N2O2S/c1-13(2,11(17)18)10-8-19-12(16-10)15-9-14(3)6-4-5-7-14/h8H,4-7,9H2,1-3H3,(H,15,16)(H,17,18). The van der Waals surface area contributed by atoms with Gasteiger partial charge in [0.1, 0.15) is 5.41 Å². The molecule has 0 aliphatic heterocycles. The minimum atomic E-state index is -0.923. The van der Waals surface area contributed by atoms with Gasteiger partial charge in [-0.05, 0) is 32.1 Å². The van der Waals surface area contributed by atoms with Gasteiger partial charge in [0.05, 0.1) is 5.69 Å². The SMILES string of the molecule is CC1(CNc2nc(C(C)(C)C(=O)O)cs2)CCCC1. The summed E-state index contributed by atoms with van der Waals surface area (Å²) < 4.78 is 0. The average molecular weight is 282 g/mol. The molecule has 0 atom stereocenters. The number of carboxylic acids is 1. The summed E-state index contributed by atoms with van der Waals surface area (Å²) >= 11 is 1.49. The third kappa shape index (κ3) is 3.08. The first kappa shape index (κ1) is 14.3. The van der Waals surface area contributed by atoms with Gasteiger partial charge in [-0.15, -0.1) is 11.3 Å². The first-order valence-corrected chi connectivity index (χ1v) is 7.65. The maximum Gasteiger partial charge on any atom is 0.315 e. The van der Waals surface area contributed by atoms with Crippen LogP contribution in [0.4, 0.5) is 5.13 Å². The third-order valence-corrected chi connectivity index (χ3v) is 4.96. The van der Waals surface area contributed by atoms with Gasteiger partial charge in [-0.25, -0.2) is 4.98 Å². The van der Waals surface area contributed by atoms with Crippen molar-refractivity contribution in [1.29, 1.82) is 0 Å². The van der Waals surface area contributed by atoms with Gasteiger partial charge in [-0.3, -0.25) is 4.79 Å². The van der Waals surface area contributed by atoms with E-state index < -0.39 is 11.4 Å². The molecular formula is C14H22N2O2S. The summed E-state index contributed by atoms with van der Waals surface area (Å²) in [5.74, 6) is -0.841. The average Bonchev–Trinajstić information content (AvgIpc) is 2.96. The number of anilines is 1. The molecule has 1 aromatic heterocycles. The Morgan fingerprint density at radius 2 is 2.16 bits per heavy atom. The lowest BCUT2D eigenvalue weighted by molar-refractivity contribution is -0.142. The van der Waals surface area contributed by atoms with Crippen LogP contribution < -0.4 is 5.32 Å². The van der Waals surface area contributed by atoms with Gasteiger partial charge in [0, 0.05) is 11.9 Å². The van der Waals surface area contributed by atoms with Crippen LogP contribution in [0, 0.1) is 5.41 Å². The van der Waals surface area contributed by atoms with Crippen molar-refractivity contribution in [1.82, 2.24) is 4.98 Å². The minimum absolute atomic E-state index is 0.369. The highest BCUT2D eigenvalue weighted by Gasteiger charge is 2.33. The molecule has 1 aromatic rings. The molecule has 1 heterocycles. The van der Waals surface area contributed by atoms with Gasteiger partial charge in [0.2, 0.25) is 0 Å². The summed E-state index contributed by atoms with van der Waals surface area (Å²) in [7, 11) is 0. The zero-order valence-corrected chi connectivity index (χ0v) is 12.6. The van der Waals surface area contributed by atoms with Gasteiger partial charge >= 0.3 is 5.97 Å². The smallest absolute Gasteiger partial charge is 0.315 e. The van der Waals surface area contributed by atoms with Crippen LogP contribution in [0.3, 0.4) is 0 Å². The summed E-state index contributed by atoms with van der Waals surface area (Å²) in [5.41, 5.74) is 0.0750. The zero-order valence-electron chi connectivity index (χ0n) is 11.8. The van der Waals surface area contributed by atoms with Crippen molar-refractivity contribution in [3.63, 3.8) is 0 Å². The molecule has 1 saturated carbocycles. The third-order valence-electron chi connectivity index (χ3n) is 4.16. The van der Waals surface area contributed by atoms with Crippen LogP contribution in [-0.4, -0.2) is 22.6 Å². The summed E-state index contributed by atoms with van der Waals surface area (Å²) in [6, 6.07) is 0. The van der Waals surface area contributed by atoms with Gasteiger partial charge in [0.25, 0.3) is 0 Å². The number of hydrogen-bond donors (Lipinski definition) is 2. The lowest BCUT2D eigenvalue weighted by Gasteiger charge is -2.23. The summed E-state index contributed by atoms with van der Waals surface area (Å²) in [5, 5.41) is 15.2. The molecular weight excluding hydrogens is 260 g/mol. The monoisotopic (exact) mass is 282 g/mol. The fourth-order valence-electron chi connectivity index (χ4n) is 2.45. The van der Waals surface area contributed by atoms with Crippen LogP contribution in [0.2, 0.25) is 0 Å². The Kier molecular flexibility index (Phi) is 3.85. The molecule has 106 valence electrons. The Morgan fingerprint density at radius 3 is 2.74 bits per heavy atom. The van der Waals surface area contributed by atoms with Crippen molar-refractivity contribution in [3.05, 3.63) is 11.1 Å². The Morgan fingerprint density at radius 1 is 1.53 bits per heavy atom. The van der Waals surface area contributed by atoms with Crippen molar-refractivity contribution in [2.75, 3.05) is 11.9 Å². The van der Waals surface area contributed by atoms with E-state index in [0.29, 0.717) is 11.1 Å². The number of aliphatic carboxylic acids is 1. The topological polar surface area (TPSA) is 62.2 Å². The van der Waals surface area contributed by atoms with E-state index in [4.69, 9.17) is 0 Å². The van der Waals surface area contributed by atoms with E-state index >= 15 is 0 Å². The highest BCUT2D eigenvalue weighted by Crippen LogP contribution is 2.38. The van der Waals surface area contributed by atoms with Crippen LogP contribution >= 0.6 is 11.3 Å². The second kappa shape index (κ2) is 5.12. The molecule has 1 aliphatic rings. The van der Waals surface area contributed by atoms with Crippen molar-refractivity contribution in [3.8, 4) is 0 Å². The van der Waals surface area contributed by atoms with E-state index in [9.17, 15) is 9.90 Å². The summed E-state index contributed by atoms with van der Waals surface area (Å²) in [4.78, 5) is 15.6. The predicted octanol–water partition coefficient (Wildman–Crippen LogP) is 3.50. The number of carbonyl (C=O) groups is 1. The molecule has 4 nitrogen and oxygen atoms in total. The molecule has 0 spiro atoms. The summed E-state index contributed by atoms with van der Waals surface area (Å²) in [6.45, 7) is 6.61. The second-order valence-corrected chi connectivity index (χ2v) is 7.20. The van der Waals surface area contributed by atoms with Gasteiger partial charge < -0.3 is 10.4 Å². The second-order valence-electron chi connectivity index (χ2n) is 6.34. The molecule has 0 bridgehead atoms. The van der Waals surface area contributed by atoms with Crippen molar-refractivity contribution < 1.29 is 9.90 Å².